The van der Waals surface area contributed by atoms with Gasteiger partial charge in [-0.1, -0.05) is 19.9 Å². The molecule has 1 aromatic rings. The van der Waals surface area contributed by atoms with E-state index in [4.69, 9.17) is 5.73 Å². The Morgan fingerprint density at radius 1 is 1.33 bits per heavy atom. The molecule has 0 unspecified atom stereocenters. The predicted octanol–water partition coefficient (Wildman–Crippen LogP) is 1.61. The van der Waals surface area contributed by atoms with Crippen molar-refractivity contribution in [1.29, 1.82) is 0 Å². The molecule has 100 valence electrons. The average Bonchev–Trinajstić information content (AvgIpc) is 2.32. The Bertz CT molecular complexity index is 433. The maximum Gasteiger partial charge on any atom is 0.224 e. The van der Waals surface area contributed by atoms with Crippen LogP contribution < -0.4 is 11.1 Å². The van der Waals surface area contributed by atoms with Gasteiger partial charge in [-0.25, -0.2) is 8.78 Å². The molecule has 0 atom stereocenters. The second kappa shape index (κ2) is 5.91. The first-order valence-corrected chi connectivity index (χ1v) is 5.75. The standard InChI is InChI=1S/C13H18F2N2O/c1-13(2,7-16)8-17-12(18)6-9-3-4-10(14)11(15)5-9/h3-5H,6-8,16H2,1-2H3,(H,17,18). The summed E-state index contributed by atoms with van der Waals surface area (Å²) in [4.78, 5) is 11.6. The van der Waals surface area contributed by atoms with Gasteiger partial charge in [0.05, 0.1) is 6.42 Å². The van der Waals surface area contributed by atoms with Crippen LogP contribution in [0.1, 0.15) is 19.4 Å². The summed E-state index contributed by atoms with van der Waals surface area (Å²) in [6.45, 7) is 4.78. The number of nitrogens with one attached hydrogen (secondary N) is 1. The zero-order valence-electron chi connectivity index (χ0n) is 10.6. The van der Waals surface area contributed by atoms with E-state index in [1.807, 2.05) is 13.8 Å². The summed E-state index contributed by atoms with van der Waals surface area (Å²) in [7, 11) is 0. The Morgan fingerprint density at radius 2 is 2.00 bits per heavy atom. The third-order valence-electron chi connectivity index (χ3n) is 2.67. The Hall–Kier alpha value is -1.49. The molecule has 0 saturated carbocycles. The van der Waals surface area contributed by atoms with Crippen LogP contribution in [0.15, 0.2) is 18.2 Å². The van der Waals surface area contributed by atoms with Crippen LogP contribution in [-0.2, 0) is 11.2 Å². The van der Waals surface area contributed by atoms with E-state index in [0.717, 1.165) is 12.1 Å². The smallest absolute Gasteiger partial charge is 0.224 e. The second-order valence-corrected chi connectivity index (χ2v) is 5.07. The molecule has 0 radical (unpaired) electrons. The maximum atomic E-state index is 12.9. The van der Waals surface area contributed by atoms with Crippen molar-refractivity contribution in [2.24, 2.45) is 11.1 Å². The molecule has 0 fully saturated rings. The molecule has 0 aliphatic heterocycles. The molecule has 0 spiro atoms. The molecule has 0 saturated heterocycles. The molecule has 0 heterocycles. The number of rotatable bonds is 5. The first-order chi connectivity index (χ1) is 8.34. The average molecular weight is 256 g/mol. The first kappa shape index (κ1) is 14.6. The lowest BCUT2D eigenvalue weighted by molar-refractivity contribution is -0.120. The van der Waals surface area contributed by atoms with Gasteiger partial charge in [-0.2, -0.15) is 0 Å². The normalized spacial score (nSPS) is 11.4. The van der Waals surface area contributed by atoms with Gasteiger partial charge in [0.1, 0.15) is 0 Å². The van der Waals surface area contributed by atoms with Gasteiger partial charge in [-0.3, -0.25) is 4.79 Å². The molecule has 0 bridgehead atoms. The van der Waals surface area contributed by atoms with E-state index >= 15 is 0 Å². The molecule has 0 aliphatic rings. The SMILES string of the molecule is CC(C)(CN)CNC(=O)Cc1ccc(F)c(F)c1. The van der Waals surface area contributed by atoms with Crippen LogP contribution in [-0.4, -0.2) is 19.0 Å². The quantitative estimate of drug-likeness (QED) is 0.841. The summed E-state index contributed by atoms with van der Waals surface area (Å²) in [5, 5.41) is 2.72. The number of hydrogen-bond acceptors (Lipinski definition) is 2. The molecule has 0 aromatic heterocycles. The van der Waals surface area contributed by atoms with Gasteiger partial charge < -0.3 is 11.1 Å². The minimum absolute atomic E-state index is 0.0256. The lowest BCUT2D eigenvalue weighted by atomic mass is 9.94. The van der Waals surface area contributed by atoms with Crippen LogP contribution in [0, 0.1) is 17.0 Å². The Labute approximate surface area is 105 Å². The van der Waals surface area contributed by atoms with Crippen molar-refractivity contribution in [3.05, 3.63) is 35.4 Å². The third-order valence-corrected chi connectivity index (χ3v) is 2.67. The van der Waals surface area contributed by atoms with Crippen LogP contribution >= 0.6 is 0 Å². The molecular weight excluding hydrogens is 238 g/mol. The molecular formula is C13H18F2N2O. The van der Waals surface area contributed by atoms with Crippen molar-refractivity contribution in [3.63, 3.8) is 0 Å². The van der Waals surface area contributed by atoms with Crippen molar-refractivity contribution < 1.29 is 13.6 Å². The van der Waals surface area contributed by atoms with Crippen molar-refractivity contribution in [3.8, 4) is 0 Å². The number of nitrogens with two attached hydrogens (primary N) is 1. The highest BCUT2D eigenvalue weighted by Gasteiger charge is 2.16. The van der Waals surface area contributed by atoms with Gasteiger partial charge in [0.2, 0.25) is 5.91 Å². The van der Waals surface area contributed by atoms with Crippen LogP contribution in [0.5, 0.6) is 0 Å². The Morgan fingerprint density at radius 3 is 2.56 bits per heavy atom. The molecule has 5 heteroatoms. The molecule has 0 aliphatic carbocycles. The highest BCUT2D eigenvalue weighted by molar-refractivity contribution is 5.78. The van der Waals surface area contributed by atoms with Crippen molar-refractivity contribution in [1.82, 2.24) is 5.32 Å². The zero-order valence-corrected chi connectivity index (χ0v) is 10.6. The number of carbonyl (C=O) groups excluding carboxylic acids is 1. The van der Waals surface area contributed by atoms with Crippen molar-refractivity contribution in [2.75, 3.05) is 13.1 Å². The minimum atomic E-state index is -0.942. The number of hydrogen-bond donors (Lipinski definition) is 2. The molecule has 1 amide bonds. The van der Waals surface area contributed by atoms with Crippen LogP contribution in [0.4, 0.5) is 8.78 Å². The summed E-state index contributed by atoms with van der Waals surface area (Å²) in [6, 6.07) is 3.44. The highest BCUT2D eigenvalue weighted by atomic mass is 19.2. The minimum Gasteiger partial charge on any atom is -0.355 e. The fraction of sp³-hybridized carbons (Fsp3) is 0.462. The zero-order chi connectivity index (χ0) is 13.8. The maximum absolute atomic E-state index is 12.9. The second-order valence-electron chi connectivity index (χ2n) is 5.07. The van der Waals surface area contributed by atoms with Crippen LogP contribution in [0.25, 0.3) is 0 Å². The summed E-state index contributed by atoms with van der Waals surface area (Å²) in [5.41, 5.74) is 5.80. The first-order valence-electron chi connectivity index (χ1n) is 5.75. The van der Waals surface area contributed by atoms with Crippen LogP contribution in [0.2, 0.25) is 0 Å². The van der Waals surface area contributed by atoms with E-state index in [2.05, 4.69) is 5.32 Å². The van der Waals surface area contributed by atoms with Gasteiger partial charge in [0, 0.05) is 6.54 Å². The molecule has 18 heavy (non-hydrogen) atoms. The Kier molecular flexibility index (Phi) is 4.78. The summed E-state index contributed by atoms with van der Waals surface area (Å²) in [6.07, 6.45) is 0.0256. The van der Waals surface area contributed by atoms with E-state index in [-0.39, 0.29) is 17.7 Å². The number of benzene rings is 1. The predicted molar refractivity (Wildman–Crippen MR) is 65.9 cm³/mol. The van der Waals surface area contributed by atoms with Crippen molar-refractivity contribution >= 4 is 5.91 Å². The lowest BCUT2D eigenvalue weighted by Gasteiger charge is -2.22. The lowest BCUT2D eigenvalue weighted by Crippen LogP contribution is -2.39. The van der Waals surface area contributed by atoms with Gasteiger partial charge in [0.25, 0.3) is 0 Å². The van der Waals surface area contributed by atoms with Gasteiger partial charge in [-0.05, 0) is 29.7 Å². The molecule has 1 aromatic carbocycles. The Balaban J connectivity index is 2.52. The highest BCUT2D eigenvalue weighted by Crippen LogP contribution is 2.11. The van der Waals surface area contributed by atoms with E-state index in [1.165, 1.54) is 6.07 Å². The fourth-order valence-electron chi connectivity index (χ4n) is 1.31. The third kappa shape index (κ3) is 4.41. The molecule has 3 nitrogen and oxygen atoms in total. The summed E-state index contributed by atoms with van der Waals surface area (Å²) in [5.74, 6) is -2.09. The van der Waals surface area contributed by atoms with Gasteiger partial charge >= 0.3 is 0 Å². The molecule has 3 N–H and O–H groups in total. The molecule has 1 rings (SSSR count). The topological polar surface area (TPSA) is 55.1 Å². The van der Waals surface area contributed by atoms with Gasteiger partial charge in [0.15, 0.2) is 11.6 Å². The summed E-state index contributed by atoms with van der Waals surface area (Å²) < 4.78 is 25.6. The van der Waals surface area contributed by atoms with Crippen LogP contribution in [0.3, 0.4) is 0 Å². The van der Waals surface area contributed by atoms with E-state index in [9.17, 15) is 13.6 Å². The fourth-order valence-corrected chi connectivity index (χ4v) is 1.31. The van der Waals surface area contributed by atoms with E-state index < -0.39 is 11.6 Å². The number of halogens is 2. The largest absolute Gasteiger partial charge is 0.355 e. The van der Waals surface area contributed by atoms with Gasteiger partial charge in [-0.15, -0.1) is 0 Å². The van der Waals surface area contributed by atoms with E-state index in [1.54, 1.807) is 0 Å². The van der Waals surface area contributed by atoms with Crippen molar-refractivity contribution in [2.45, 2.75) is 20.3 Å². The van der Waals surface area contributed by atoms with E-state index in [0.29, 0.717) is 18.7 Å². The summed E-state index contributed by atoms with van der Waals surface area (Å²) >= 11 is 0. The number of amides is 1. The number of carbonyl (C=O) groups is 1. The monoisotopic (exact) mass is 256 g/mol.